The number of hydrogen-bond donors (Lipinski definition) is 2. The van der Waals surface area contributed by atoms with E-state index in [9.17, 15) is 14.4 Å². The van der Waals surface area contributed by atoms with Crippen LogP contribution < -0.4 is 21.3 Å². The molecule has 1 aromatic carbocycles. The number of benzene rings is 1. The summed E-state index contributed by atoms with van der Waals surface area (Å²) in [7, 11) is 1.52. The molecule has 0 bridgehead atoms. The third-order valence-electron chi connectivity index (χ3n) is 2.67. The second-order valence-corrected chi connectivity index (χ2v) is 4.97. The van der Waals surface area contributed by atoms with Crippen LogP contribution in [0.2, 0.25) is 0 Å². The van der Waals surface area contributed by atoms with E-state index in [0.717, 1.165) is 4.57 Å². The lowest BCUT2D eigenvalue weighted by molar-refractivity contribution is -0.116. The molecule has 2 rings (SSSR count). The lowest BCUT2D eigenvalue weighted by Crippen LogP contribution is -2.38. The molecule has 0 atom stereocenters. The fourth-order valence-electron chi connectivity index (χ4n) is 1.67. The SMILES string of the molecule is COc1cccc(NC(=O)Cn2c(=O)[nH]cc(Br)c2=O)c1. The second-order valence-electron chi connectivity index (χ2n) is 4.11. The largest absolute Gasteiger partial charge is 0.497 e. The molecule has 110 valence electrons. The number of halogens is 1. The molecule has 21 heavy (non-hydrogen) atoms. The minimum Gasteiger partial charge on any atom is -0.497 e. The van der Waals surface area contributed by atoms with Crippen molar-refractivity contribution in [2.45, 2.75) is 6.54 Å². The van der Waals surface area contributed by atoms with E-state index in [2.05, 4.69) is 26.2 Å². The van der Waals surface area contributed by atoms with E-state index in [1.807, 2.05) is 0 Å². The molecule has 1 amide bonds. The van der Waals surface area contributed by atoms with Gasteiger partial charge in [-0.2, -0.15) is 0 Å². The first-order valence-electron chi connectivity index (χ1n) is 5.93. The number of amides is 1. The van der Waals surface area contributed by atoms with Gasteiger partial charge in [0.2, 0.25) is 5.91 Å². The van der Waals surface area contributed by atoms with Crippen LogP contribution in [0.3, 0.4) is 0 Å². The van der Waals surface area contributed by atoms with Gasteiger partial charge in [-0.15, -0.1) is 0 Å². The lowest BCUT2D eigenvalue weighted by atomic mass is 10.3. The Kier molecular flexibility index (Phi) is 4.59. The van der Waals surface area contributed by atoms with Gasteiger partial charge in [0.1, 0.15) is 12.3 Å². The Hall–Kier alpha value is -2.35. The summed E-state index contributed by atoms with van der Waals surface area (Å²) in [6, 6.07) is 6.76. The van der Waals surface area contributed by atoms with E-state index in [4.69, 9.17) is 4.74 Å². The molecule has 0 aliphatic rings. The molecule has 1 heterocycles. The van der Waals surface area contributed by atoms with Crippen molar-refractivity contribution in [3.05, 3.63) is 55.8 Å². The topological polar surface area (TPSA) is 93.2 Å². The molecular formula is C13H12BrN3O4. The van der Waals surface area contributed by atoms with Crippen LogP contribution in [0.1, 0.15) is 0 Å². The van der Waals surface area contributed by atoms with E-state index in [1.54, 1.807) is 24.3 Å². The molecule has 0 unspecified atom stereocenters. The van der Waals surface area contributed by atoms with Crippen LogP contribution in [0.4, 0.5) is 5.69 Å². The van der Waals surface area contributed by atoms with Crippen molar-refractivity contribution in [3.8, 4) is 5.75 Å². The van der Waals surface area contributed by atoms with Crippen LogP contribution in [0.25, 0.3) is 0 Å². The fraction of sp³-hybridized carbons (Fsp3) is 0.154. The van der Waals surface area contributed by atoms with Crippen LogP contribution in [-0.4, -0.2) is 22.6 Å². The van der Waals surface area contributed by atoms with Crippen molar-refractivity contribution in [1.29, 1.82) is 0 Å². The van der Waals surface area contributed by atoms with E-state index >= 15 is 0 Å². The Labute approximate surface area is 127 Å². The smallest absolute Gasteiger partial charge is 0.328 e. The molecule has 0 radical (unpaired) electrons. The highest BCUT2D eigenvalue weighted by Gasteiger charge is 2.10. The summed E-state index contributed by atoms with van der Waals surface area (Å²) >= 11 is 3.00. The van der Waals surface area contributed by atoms with Gasteiger partial charge < -0.3 is 15.0 Å². The van der Waals surface area contributed by atoms with Crippen molar-refractivity contribution >= 4 is 27.5 Å². The highest BCUT2D eigenvalue weighted by Crippen LogP contribution is 2.16. The number of methoxy groups -OCH3 is 1. The Morgan fingerprint density at radius 2 is 2.19 bits per heavy atom. The number of nitrogens with one attached hydrogen (secondary N) is 2. The zero-order valence-corrected chi connectivity index (χ0v) is 12.6. The van der Waals surface area contributed by atoms with Crippen molar-refractivity contribution < 1.29 is 9.53 Å². The predicted octanol–water partition coefficient (Wildman–Crippen LogP) is 0.946. The zero-order valence-electron chi connectivity index (χ0n) is 11.1. The first-order chi connectivity index (χ1) is 10.0. The van der Waals surface area contributed by atoms with Gasteiger partial charge in [-0.3, -0.25) is 9.59 Å². The average molecular weight is 354 g/mol. The molecule has 7 nitrogen and oxygen atoms in total. The number of ether oxygens (including phenoxy) is 1. The van der Waals surface area contributed by atoms with Gasteiger partial charge in [0, 0.05) is 18.0 Å². The van der Waals surface area contributed by atoms with Gasteiger partial charge in [-0.05, 0) is 28.1 Å². The van der Waals surface area contributed by atoms with Gasteiger partial charge in [0.05, 0.1) is 11.6 Å². The standard InChI is InChI=1S/C13H12BrN3O4/c1-21-9-4-2-3-8(5-9)16-11(18)7-17-12(19)10(14)6-15-13(17)20/h2-6H,7H2,1H3,(H,15,20)(H,16,18). The van der Waals surface area contributed by atoms with Crippen molar-refractivity contribution in [2.75, 3.05) is 12.4 Å². The molecule has 8 heteroatoms. The van der Waals surface area contributed by atoms with Crippen molar-refractivity contribution in [1.82, 2.24) is 9.55 Å². The Morgan fingerprint density at radius 3 is 2.90 bits per heavy atom. The van der Waals surface area contributed by atoms with Gasteiger partial charge in [-0.1, -0.05) is 6.07 Å². The highest BCUT2D eigenvalue weighted by molar-refractivity contribution is 9.10. The van der Waals surface area contributed by atoms with Crippen LogP contribution in [0.15, 0.2) is 44.5 Å². The maximum atomic E-state index is 11.9. The Balaban J connectivity index is 2.17. The number of H-pyrrole nitrogens is 1. The first-order valence-corrected chi connectivity index (χ1v) is 6.72. The van der Waals surface area contributed by atoms with Crippen LogP contribution in [-0.2, 0) is 11.3 Å². The number of anilines is 1. The summed E-state index contributed by atoms with van der Waals surface area (Å²) in [4.78, 5) is 37.6. The lowest BCUT2D eigenvalue weighted by Gasteiger charge is -2.08. The third-order valence-corrected chi connectivity index (χ3v) is 3.24. The van der Waals surface area contributed by atoms with Crippen molar-refractivity contribution in [2.24, 2.45) is 0 Å². The van der Waals surface area contributed by atoms with Gasteiger partial charge >= 0.3 is 5.69 Å². The summed E-state index contributed by atoms with van der Waals surface area (Å²) in [5.74, 6) is 0.0965. The fourth-order valence-corrected chi connectivity index (χ4v) is 2.00. The van der Waals surface area contributed by atoms with Crippen LogP contribution >= 0.6 is 15.9 Å². The molecule has 0 aliphatic carbocycles. The van der Waals surface area contributed by atoms with Crippen LogP contribution in [0, 0.1) is 0 Å². The molecular weight excluding hydrogens is 342 g/mol. The molecule has 0 spiro atoms. The van der Waals surface area contributed by atoms with Gasteiger partial charge in [-0.25, -0.2) is 9.36 Å². The number of aromatic nitrogens is 2. The molecule has 0 saturated carbocycles. The van der Waals surface area contributed by atoms with Crippen LogP contribution in [0.5, 0.6) is 5.75 Å². The molecule has 2 aromatic rings. The van der Waals surface area contributed by atoms with E-state index < -0.39 is 17.2 Å². The quantitative estimate of drug-likeness (QED) is 0.855. The number of aromatic amines is 1. The summed E-state index contributed by atoms with van der Waals surface area (Å²) in [6.07, 6.45) is 1.24. The molecule has 1 aromatic heterocycles. The monoisotopic (exact) mass is 353 g/mol. The van der Waals surface area contributed by atoms with E-state index in [1.165, 1.54) is 13.3 Å². The summed E-state index contributed by atoms with van der Waals surface area (Å²) in [5, 5.41) is 2.59. The number of rotatable bonds is 4. The number of carbonyl (C=O) groups is 1. The Morgan fingerprint density at radius 1 is 1.43 bits per heavy atom. The maximum absolute atomic E-state index is 11.9. The maximum Gasteiger partial charge on any atom is 0.328 e. The number of nitrogens with zero attached hydrogens (tertiary/aromatic N) is 1. The van der Waals surface area contributed by atoms with E-state index in [-0.39, 0.29) is 11.0 Å². The molecule has 0 saturated heterocycles. The molecule has 2 N–H and O–H groups in total. The van der Waals surface area contributed by atoms with Gasteiger partial charge in [0.25, 0.3) is 5.56 Å². The molecule has 0 fully saturated rings. The summed E-state index contributed by atoms with van der Waals surface area (Å²) < 4.78 is 6.02. The molecule has 0 aliphatic heterocycles. The summed E-state index contributed by atoms with van der Waals surface area (Å²) in [5.41, 5.74) is -0.706. The first kappa shape index (κ1) is 15.0. The summed E-state index contributed by atoms with van der Waals surface area (Å²) in [6.45, 7) is -0.384. The number of hydrogen-bond acceptors (Lipinski definition) is 4. The minimum absolute atomic E-state index is 0.177. The number of carbonyl (C=O) groups excluding carboxylic acids is 1. The third kappa shape index (κ3) is 3.60. The van der Waals surface area contributed by atoms with Gasteiger partial charge in [0.15, 0.2) is 0 Å². The van der Waals surface area contributed by atoms with Crippen molar-refractivity contribution in [3.63, 3.8) is 0 Å². The van der Waals surface area contributed by atoms with E-state index in [0.29, 0.717) is 11.4 Å². The Bertz CT molecular complexity index is 781. The predicted molar refractivity (Wildman–Crippen MR) is 80.6 cm³/mol. The average Bonchev–Trinajstić information content (AvgIpc) is 2.48. The zero-order chi connectivity index (χ0) is 15.4. The normalized spacial score (nSPS) is 10.2. The second kappa shape index (κ2) is 6.40. The minimum atomic E-state index is -0.649. The highest BCUT2D eigenvalue weighted by atomic mass is 79.9.